The molecular formula is C13H10F2O. The van der Waals surface area contributed by atoms with E-state index in [9.17, 15) is 13.9 Å². The van der Waals surface area contributed by atoms with Crippen LogP contribution in [0.15, 0.2) is 36.4 Å². The maximum Gasteiger partial charge on any atom is 0.164 e. The Morgan fingerprint density at radius 2 is 1.75 bits per heavy atom. The van der Waals surface area contributed by atoms with Crippen LogP contribution in [0.1, 0.15) is 5.56 Å². The second kappa shape index (κ2) is 3.93. The molecule has 0 amide bonds. The van der Waals surface area contributed by atoms with E-state index in [1.165, 1.54) is 18.2 Å². The van der Waals surface area contributed by atoms with Crippen molar-refractivity contribution in [1.29, 1.82) is 0 Å². The number of benzene rings is 2. The third-order valence-electron chi connectivity index (χ3n) is 2.52. The SMILES string of the molecule is Cc1c(F)cccc1-c1ccc(F)c(O)c1. The Kier molecular flexibility index (Phi) is 2.60. The van der Waals surface area contributed by atoms with Gasteiger partial charge in [0.15, 0.2) is 11.6 Å². The fourth-order valence-electron chi connectivity index (χ4n) is 1.60. The van der Waals surface area contributed by atoms with E-state index in [0.717, 1.165) is 6.07 Å². The average molecular weight is 220 g/mol. The summed E-state index contributed by atoms with van der Waals surface area (Å²) in [6.07, 6.45) is 0. The van der Waals surface area contributed by atoms with E-state index in [-0.39, 0.29) is 5.82 Å². The molecular weight excluding hydrogens is 210 g/mol. The first-order chi connectivity index (χ1) is 7.59. The molecule has 0 aliphatic heterocycles. The molecule has 0 unspecified atom stereocenters. The van der Waals surface area contributed by atoms with Gasteiger partial charge in [-0.1, -0.05) is 18.2 Å². The molecule has 82 valence electrons. The molecule has 0 aliphatic rings. The average Bonchev–Trinajstić information content (AvgIpc) is 2.26. The summed E-state index contributed by atoms with van der Waals surface area (Å²) >= 11 is 0. The number of hydrogen-bond donors (Lipinski definition) is 1. The third-order valence-corrected chi connectivity index (χ3v) is 2.52. The quantitative estimate of drug-likeness (QED) is 0.777. The van der Waals surface area contributed by atoms with Gasteiger partial charge in [-0.05, 0) is 41.8 Å². The predicted octanol–water partition coefficient (Wildman–Crippen LogP) is 3.65. The van der Waals surface area contributed by atoms with Gasteiger partial charge in [0.2, 0.25) is 0 Å². The molecule has 0 saturated heterocycles. The molecule has 2 aromatic rings. The molecule has 0 fully saturated rings. The van der Waals surface area contributed by atoms with E-state index in [1.54, 1.807) is 19.1 Å². The summed E-state index contributed by atoms with van der Waals surface area (Å²) < 4.78 is 26.2. The number of phenols is 1. The Morgan fingerprint density at radius 1 is 1.00 bits per heavy atom. The topological polar surface area (TPSA) is 20.2 Å². The Balaban J connectivity index is 2.59. The highest BCUT2D eigenvalue weighted by Crippen LogP contribution is 2.28. The first kappa shape index (κ1) is 10.6. The van der Waals surface area contributed by atoms with E-state index in [1.807, 2.05) is 0 Å². The molecule has 16 heavy (non-hydrogen) atoms. The van der Waals surface area contributed by atoms with Gasteiger partial charge in [-0.3, -0.25) is 0 Å². The van der Waals surface area contributed by atoms with Crippen LogP contribution in [0.4, 0.5) is 8.78 Å². The standard InChI is InChI=1S/C13H10F2O/c1-8-10(3-2-4-11(8)14)9-5-6-12(15)13(16)7-9/h2-7,16H,1H3. The summed E-state index contributed by atoms with van der Waals surface area (Å²) in [6.45, 7) is 1.64. The lowest BCUT2D eigenvalue weighted by Crippen LogP contribution is -1.88. The van der Waals surface area contributed by atoms with E-state index >= 15 is 0 Å². The molecule has 0 radical (unpaired) electrons. The zero-order valence-electron chi connectivity index (χ0n) is 8.67. The summed E-state index contributed by atoms with van der Waals surface area (Å²) in [6, 6.07) is 8.63. The minimum absolute atomic E-state index is 0.318. The van der Waals surface area contributed by atoms with Gasteiger partial charge < -0.3 is 5.11 Å². The number of phenolic OH excluding ortho intramolecular Hbond substituents is 1. The lowest BCUT2D eigenvalue weighted by Gasteiger charge is -2.07. The van der Waals surface area contributed by atoms with Crippen LogP contribution in [0.25, 0.3) is 11.1 Å². The van der Waals surface area contributed by atoms with Crippen LogP contribution in [-0.4, -0.2) is 5.11 Å². The van der Waals surface area contributed by atoms with Crippen molar-refractivity contribution in [3.05, 3.63) is 53.6 Å². The minimum Gasteiger partial charge on any atom is -0.505 e. The maximum atomic E-state index is 13.3. The van der Waals surface area contributed by atoms with Gasteiger partial charge >= 0.3 is 0 Å². The van der Waals surface area contributed by atoms with Crippen LogP contribution in [0.3, 0.4) is 0 Å². The highest BCUT2D eigenvalue weighted by Gasteiger charge is 2.08. The zero-order valence-corrected chi connectivity index (χ0v) is 8.67. The zero-order chi connectivity index (χ0) is 11.7. The van der Waals surface area contributed by atoms with Crippen molar-refractivity contribution in [3.63, 3.8) is 0 Å². The molecule has 0 atom stereocenters. The molecule has 1 nitrogen and oxygen atoms in total. The van der Waals surface area contributed by atoms with Crippen molar-refractivity contribution in [1.82, 2.24) is 0 Å². The molecule has 0 saturated carbocycles. The van der Waals surface area contributed by atoms with E-state index in [0.29, 0.717) is 16.7 Å². The molecule has 0 aliphatic carbocycles. The lowest BCUT2D eigenvalue weighted by molar-refractivity contribution is 0.433. The molecule has 1 N–H and O–H groups in total. The monoisotopic (exact) mass is 220 g/mol. The Bertz CT molecular complexity index is 535. The van der Waals surface area contributed by atoms with Crippen molar-refractivity contribution in [2.45, 2.75) is 6.92 Å². The van der Waals surface area contributed by atoms with Gasteiger partial charge in [0.25, 0.3) is 0 Å². The second-order valence-electron chi connectivity index (χ2n) is 3.58. The molecule has 2 aromatic carbocycles. The van der Waals surface area contributed by atoms with Crippen LogP contribution in [0.5, 0.6) is 5.75 Å². The molecule has 0 bridgehead atoms. The lowest BCUT2D eigenvalue weighted by atomic mass is 10.00. The normalized spacial score (nSPS) is 10.4. The van der Waals surface area contributed by atoms with Crippen molar-refractivity contribution in [2.24, 2.45) is 0 Å². The highest BCUT2D eigenvalue weighted by molar-refractivity contribution is 5.68. The summed E-state index contributed by atoms with van der Waals surface area (Å²) in [5.74, 6) is -1.43. The van der Waals surface area contributed by atoms with E-state index < -0.39 is 11.6 Å². The van der Waals surface area contributed by atoms with Gasteiger partial charge in [0.05, 0.1) is 0 Å². The van der Waals surface area contributed by atoms with Gasteiger partial charge in [-0.25, -0.2) is 8.78 Å². The molecule has 0 spiro atoms. The number of rotatable bonds is 1. The largest absolute Gasteiger partial charge is 0.505 e. The van der Waals surface area contributed by atoms with Crippen molar-refractivity contribution >= 4 is 0 Å². The van der Waals surface area contributed by atoms with Crippen LogP contribution < -0.4 is 0 Å². The van der Waals surface area contributed by atoms with Crippen LogP contribution >= 0.6 is 0 Å². The first-order valence-corrected chi connectivity index (χ1v) is 4.83. The number of hydrogen-bond acceptors (Lipinski definition) is 1. The van der Waals surface area contributed by atoms with Gasteiger partial charge in [0, 0.05) is 0 Å². The number of aromatic hydroxyl groups is 1. The summed E-state index contributed by atoms with van der Waals surface area (Å²) in [5, 5.41) is 9.25. The van der Waals surface area contributed by atoms with Crippen molar-refractivity contribution in [3.8, 4) is 16.9 Å². The first-order valence-electron chi connectivity index (χ1n) is 4.83. The molecule has 3 heteroatoms. The van der Waals surface area contributed by atoms with Crippen LogP contribution in [-0.2, 0) is 0 Å². The van der Waals surface area contributed by atoms with Crippen LogP contribution in [0.2, 0.25) is 0 Å². The third kappa shape index (κ3) is 1.76. The summed E-state index contributed by atoms with van der Waals surface area (Å²) in [7, 11) is 0. The molecule has 2 rings (SSSR count). The maximum absolute atomic E-state index is 13.3. The fraction of sp³-hybridized carbons (Fsp3) is 0.0769. The predicted molar refractivity (Wildman–Crippen MR) is 58.2 cm³/mol. The summed E-state index contributed by atoms with van der Waals surface area (Å²) in [5.41, 5.74) is 1.72. The Morgan fingerprint density at radius 3 is 2.44 bits per heavy atom. The fourth-order valence-corrected chi connectivity index (χ4v) is 1.60. The smallest absolute Gasteiger partial charge is 0.164 e. The number of halogens is 2. The van der Waals surface area contributed by atoms with Gasteiger partial charge in [-0.2, -0.15) is 0 Å². The van der Waals surface area contributed by atoms with Gasteiger partial charge in [-0.15, -0.1) is 0 Å². The van der Waals surface area contributed by atoms with E-state index in [2.05, 4.69) is 0 Å². The minimum atomic E-state index is -0.683. The van der Waals surface area contributed by atoms with Crippen molar-refractivity contribution in [2.75, 3.05) is 0 Å². The summed E-state index contributed by atoms with van der Waals surface area (Å²) in [4.78, 5) is 0. The Hall–Kier alpha value is -1.90. The highest BCUT2D eigenvalue weighted by atomic mass is 19.1. The second-order valence-corrected chi connectivity index (χ2v) is 3.58. The van der Waals surface area contributed by atoms with Gasteiger partial charge in [0.1, 0.15) is 5.82 Å². The molecule has 0 aromatic heterocycles. The van der Waals surface area contributed by atoms with Crippen LogP contribution in [0, 0.1) is 18.6 Å². The molecule has 0 heterocycles. The van der Waals surface area contributed by atoms with E-state index in [4.69, 9.17) is 0 Å². The van der Waals surface area contributed by atoms with Crippen molar-refractivity contribution < 1.29 is 13.9 Å². The Labute approximate surface area is 92.0 Å².